The minimum absolute atomic E-state index is 0.145. The Morgan fingerprint density at radius 2 is 1.90 bits per heavy atom. The Bertz CT molecular complexity index is 1020. The molecule has 0 aliphatic carbocycles. The van der Waals surface area contributed by atoms with Gasteiger partial charge in [-0.15, -0.1) is 0 Å². The first-order valence-corrected chi connectivity index (χ1v) is 9.78. The van der Waals surface area contributed by atoms with Crippen molar-refractivity contribution in [1.82, 2.24) is 19.5 Å². The maximum absolute atomic E-state index is 13.1. The lowest BCUT2D eigenvalue weighted by molar-refractivity contribution is 0.127. The van der Waals surface area contributed by atoms with E-state index in [0.717, 1.165) is 17.5 Å². The number of hydrogen-bond acceptors (Lipinski definition) is 7. The Morgan fingerprint density at radius 1 is 1.10 bits per heavy atom. The molecule has 0 aromatic carbocycles. The summed E-state index contributed by atoms with van der Waals surface area (Å²) < 4.78 is 12.4. The fraction of sp³-hybridized carbons (Fsp3) is 0.429. The van der Waals surface area contributed by atoms with E-state index in [1.165, 1.54) is 0 Å². The van der Waals surface area contributed by atoms with Gasteiger partial charge in [-0.25, -0.2) is 15.0 Å². The fourth-order valence-electron chi connectivity index (χ4n) is 2.96. The lowest BCUT2D eigenvalue weighted by Gasteiger charge is -2.18. The standard InChI is InChI=1S/C21H27N5O3/c1-5-10-29-11-9-26-17-12-16(15-7-8-18(28-4)22-13-15)14-23-19(17)24-20(21(26)27)25(3)6-2/h7-8,12-14H,5-6,9-11H2,1-4H3. The summed E-state index contributed by atoms with van der Waals surface area (Å²) in [4.78, 5) is 28.2. The van der Waals surface area contributed by atoms with E-state index in [1.807, 2.05) is 31.0 Å². The zero-order chi connectivity index (χ0) is 20.8. The normalized spacial score (nSPS) is 11.0. The van der Waals surface area contributed by atoms with E-state index >= 15 is 0 Å². The Hall–Kier alpha value is -3.00. The number of methoxy groups -OCH3 is 1. The number of pyridine rings is 2. The van der Waals surface area contributed by atoms with Crippen LogP contribution in [0.1, 0.15) is 20.3 Å². The number of nitrogens with zero attached hydrogens (tertiary/aromatic N) is 5. The number of rotatable bonds is 9. The van der Waals surface area contributed by atoms with Crippen molar-refractivity contribution in [3.05, 3.63) is 40.9 Å². The van der Waals surface area contributed by atoms with Crippen LogP contribution in [0.2, 0.25) is 0 Å². The smallest absolute Gasteiger partial charge is 0.294 e. The second-order valence-electron chi connectivity index (χ2n) is 6.67. The van der Waals surface area contributed by atoms with E-state index in [1.54, 1.807) is 30.1 Å². The van der Waals surface area contributed by atoms with Gasteiger partial charge in [0.2, 0.25) is 5.88 Å². The predicted octanol–water partition coefficient (Wildman–Crippen LogP) is 2.74. The van der Waals surface area contributed by atoms with Crippen molar-refractivity contribution in [1.29, 1.82) is 0 Å². The van der Waals surface area contributed by atoms with Gasteiger partial charge in [-0.05, 0) is 25.5 Å². The number of aromatic nitrogens is 4. The summed E-state index contributed by atoms with van der Waals surface area (Å²) in [5.41, 5.74) is 2.80. The molecule has 8 heteroatoms. The van der Waals surface area contributed by atoms with Crippen LogP contribution in [-0.4, -0.2) is 53.4 Å². The van der Waals surface area contributed by atoms with E-state index in [-0.39, 0.29) is 5.56 Å². The average molecular weight is 397 g/mol. The second kappa shape index (κ2) is 9.47. The Labute approximate surface area is 170 Å². The van der Waals surface area contributed by atoms with Gasteiger partial charge in [0.15, 0.2) is 11.5 Å². The molecule has 0 fully saturated rings. The molecule has 0 saturated carbocycles. The third-order valence-electron chi connectivity index (χ3n) is 4.71. The van der Waals surface area contributed by atoms with E-state index in [9.17, 15) is 4.79 Å². The van der Waals surface area contributed by atoms with Crippen molar-refractivity contribution in [2.45, 2.75) is 26.8 Å². The van der Waals surface area contributed by atoms with Crippen molar-refractivity contribution in [3.63, 3.8) is 0 Å². The van der Waals surface area contributed by atoms with E-state index in [0.29, 0.717) is 49.2 Å². The highest BCUT2D eigenvalue weighted by Gasteiger charge is 2.15. The summed E-state index contributed by atoms with van der Waals surface area (Å²) in [5.74, 6) is 0.934. The van der Waals surface area contributed by atoms with Crippen LogP contribution in [0.3, 0.4) is 0 Å². The summed E-state index contributed by atoms with van der Waals surface area (Å²) in [7, 11) is 3.43. The molecule has 0 bridgehead atoms. The quantitative estimate of drug-likeness (QED) is 0.514. The molecule has 8 nitrogen and oxygen atoms in total. The molecule has 3 heterocycles. The zero-order valence-corrected chi connectivity index (χ0v) is 17.4. The van der Waals surface area contributed by atoms with Crippen LogP contribution in [0.15, 0.2) is 35.4 Å². The third-order valence-corrected chi connectivity index (χ3v) is 4.71. The molecular formula is C21H27N5O3. The van der Waals surface area contributed by atoms with Gasteiger partial charge in [0, 0.05) is 56.3 Å². The minimum Gasteiger partial charge on any atom is -0.481 e. The molecule has 0 atom stereocenters. The topological polar surface area (TPSA) is 82.4 Å². The van der Waals surface area contributed by atoms with Gasteiger partial charge in [0.1, 0.15) is 0 Å². The third kappa shape index (κ3) is 4.54. The molecule has 0 unspecified atom stereocenters. The lowest BCUT2D eigenvalue weighted by atomic mass is 10.1. The molecule has 0 amide bonds. The van der Waals surface area contributed by atoms with E-state index in [2.05, 4.69) is 21.9 Å². The maximum atomic E-state index is 13.1. The zero-order valence-electron chi connectivity index (χ0n) is 17.4. The molecule has 29 heavy (non-hydrogen) atoms. The molecular weight excluding hydrogens is 370 g/mol. The summed E-state index contributed by atoms with van der Waals surface area (Å²) in [6.45, 7) is 6.27. The van der Waals surface area contributed by atoms with Crippen molar-refractivity contribution < 1.29 is 9.47 Å². The monoisotopic (exact) mass is 397 g/mol. The summed E-state index contributed by atoms with van der Waals surface area (Å²) in [6, 6.07) is 5.63. The van der Waals surface area contributed by atoms with Gasteiger partial charge in [0.05, 0.1) is 19.2 Å². The molecule has 3 aromatic rings. The van der Waals surface area contributed by atoms with E-state index < -0.39 is 0 Å². The van der Waals surface area contributed by atoms with Crippen LogP contribution < -0.4 is 15.2 Å². The largest absolute Gasteiger partial charge is 0.481 e. The van der Waals surface area contributed by atoms with Crippen molar-refractivity contribution in [2.75, 3.05) is 38.8 Å². The van der Waals surface area contributed by atoms with E-state index in [4.69, 9.17) is 9.47 Å². The molecule has 0 radical (unpaired) electrons. The Kier molecular flexibility index (Phi) is 6.77. The van der Waals surface area contributed by atoms with Gasteiger partial charge >= 0.3 is 0 Å². The summed E-state index contributed by atoms with van der Waals surface area (Å²) in [5, 5.41) is 0. The Balaban J connectivity index is 2.09. The average Bonchev–Trinajstić information content (AvgIpc) is 2.76. The summed E-state index contributed by atoms with van der Waals surface area (Å²) >= 11 is 0. The maximum Gasteiger partial charge on any atom is 0.294 e. The van der Waals surface area contributed by atoms with Crippen LogP contribution in [0.25, 0.3) is 22.3 Å². The number of anilines is 1. The van der Waals surface area contributed by atoms with Gasteiger partial charge in [-0.2, -0.15) is 0 Å². The molecule has 0 saturated heterocycles. The number of hydrogen-bond donors (Lipinski definition) is 0. The minimum atomic E-state index is -0.145. The highest BCUT2D eigenvalue weighted by molar-refractivity contribution is 5.79. The highest BCUT2D eigenvalue weighted by atomic mass is 16.5. The molecule has 0 aliphatic rings. The SMILES string of the molecule is CCCOCCn1c(=O)c(N(C)CC)nc2ncc(-c3ccc(OC)nc3)cc21. The molecule has 3 aromatic heterocycles. The molecule has 0 N–H and O–H groups in total. The molecule has 0 spiro atoms. The van der Waals surface area contributed by atoms with Crippen LogP contribution in [-0.2, 0) is 11.3 Å². The fourth-order valence-corrected chi connectivity index (χ4v) is 2.96. The van der Waals surface area contributed by atoms with Crippen LogP contribution in [0, 0.1) is 0 Å². The first-order chi connectivity index (χ1) is 14.1. The molecule has 3 rings (SSSR count). The lowest BCUT2D eigenvalue weighted by Crippen LogP contribution is -2.32. The van der Waals surface area contributed by atoms with Crippen LogP contribution >= 0.6 is 0 Å². The van der Waals surface area contributed by atoms with Gasteiger partial charge in [-0.1, -0.05) is 6.92 Å². The van der Waals surface area contributed by atoms with Gasteiger partial charge in [-0.3, -0.25) is 9.36 Å². The second-order valence-corrected chi connectivity index (χ2v) is 6.67. The molecule has 154 valence electrons. The number of ether oxygens (including phenoxy) is 2. The number of fused-ring (bicyclic) bond motifs is 1. The van der Waals surface area contributed by atoms with Gasteiger partial charge < -0.3 is 14.4 Å². The Morgan fingerprint density at radius 3 is 2.55 bits per heavy atom. The first kappa shape index (κ1) is 20.7. The first-order valence-electron chi connectivity index (χ1n) is 9.78. The summed E-state index contributed by atoms with van der Waals surface area (Å²) in [6.07, 6.45) is 4.41. The van der Waals surface area contributed by atoms with Crippen LogP contribution in [0.5, 0.6) is 5.88 Å². The molecule has 0 aliphatic heterocycles. The highest BCUT2D eigenvalue weighted by Crippen LogP contribution is 2.23. The van der Waals surface area contributed by atoms with Crippen molar-refractivity contribution in [2.24, 2.45) is 0 Å². The predicted molar refractivity (Wildman–Crippen MR) is 114 cm³/mol. The van der Waals surface area contributed by atoms with Gasteiger partial charge in [0.25, 0.3) is 5.56 Å². The van der Waals surface area contributed by atoms with Crippen molar-refractivity contribution >= 4 is 17.0 Å². The van der Waals surface area contributed by atoms with Crippen LogP contribution in [0.4, 0.5) is 5.82 Å². The van der Waals surface area contributed by atoms with Crippen molar-refractivity contribution in [3.8, 4) is 17.0 Å².